The summed E-state index contributed by atoms with van der Waals surface area (Å²) in [4.78, 5) is 6.66. The summed E-state index contributed by atoms with van der Waals surface area (Å²) in [5.41, 5.74) is 8.47. The van der Waals surface area contributed by atoms with Crippen molar-refractivity contribution < 1.29 is 0 Å². The number of halogens is 1. The number of likely N-dealkylation sites (N-methyl/N-ethyl adjacent to an activating group) is 1. The first-order valence-corrected chi connectivity index (χ1v) is 7.67. The summed E-state index contributed by atoms with van der Waals surface area (Å²) in [6.45, 7) is 8.05. The van der Waals surface area contributed by atoms with Crippen molar-refractivity contribution in [2.24, 2.45) is 16.6 Å². The topological polar surface area (TPSA) is 53.6 Å². The van der Waals surface area contributed by atoms with Crippen molar-refractivity contribution in [1.82, 2.24) is 10.2 Å². The first-order valence-electron chi connectivity index (χ1n) is 7.67. The van der Waals surface area contributed by atoms with Crippen LogP contribution < -0.4 is 11.1 Å². The minimum Gasteiger partial charge on any atom is -0.370 e. The van der Waals surface area contributed by atoms with Crippen molar-refractivity contribution in [3.05, 3.63) is 35.4 Å². The van der Waals surface area contributed by atoms with Crippen molar-refractivity contribution >= 4 is 29.9 Å². The van der Waals surface area contributed by atoms with Crippen LogP contribution >= 0.6 is 24.0 Å². The minimum atomic E-state index is 0. The highest BCUT2D eigenvalue weighted by Gasteiger charge is 2.13. The van der Waals surface area contributed by atoms with Crippen LogP contribution in [0.3, 0.4) is 0 Å². The Hall–Kier alpha value is -0.820. The van der Waals surface area contributed by atoms with E-state index in [-0.39, 0.29) is 30.0 Å². The average Bonchev–Trinajstić information content (AvgIpc) is 2.40. The number of aliphatic imine (C=N–C) groups is 1. The lowest BCUT2D eigenvalue weighted by Gasteiger charge is -2.23. The number of nitrogens with one attached hydrogen (secondary N) is 1. The second kappa shape index (κ2) is 10.8. The highest BCUT2D eigenvalue weighted by Crippen LogP contribution is 2.18. The quantitative estimate of drug-likeness (QED) is 0.406. The van der Waals surface area contributed by atoms with E-state index in [1.807, 2.05) is 0 Å². The molecule has 0 amide bonds. The molecule has 0 spiro atoms. The van der Waals surface area contributed by atoms with Crippen LogP contribution in [-0.2, 0) is 0 Å². The molecule has 0 aromatic heterocycles. The predicted octanol–water partition coefficient (Wildman–Crippen LogP) is 3.17. The second-order valence-corrected chi connectivity index (χ2v) is 6.23. The van der Waals surface area contributed by atoms with Gasteiger partial charge in [0.15, 0.2) is 5.96 Å². The molecular formula is C17H31IN4. The van der Waals surface area contributed by atoms with Crippen LogP contribution in [0.4, 0.5) is 0 Å². The highest BCUT2D eigenvalue weighted by molar-refractivity contribution is 14.0. The number of rotatable bonds is 7. The maximum absolute atomic E-state index is 5.93. The van der Waals surface area contributed by atoms with Crippen LogP contribution in [0.1, 0.15) is 37.4 Å². The van der Waals surface area contributed by atoms with Gasteiger partial charge in [-0.3, -0.25) is 4.99 Å². The molecule has 0 saturated carbocycles. The number of hydrogen-bond acceptors (Lipinski definition) is 2. The smallest absolute Gasteiger partial charge is 0.188 e. The van der Waals surface area contributed by atoms with Crippen LogP contribution in [0, 0.1) is 12.8 Å². The Morgan fingerprint density at radius 1 is 1.23 bits per heavy atom. The highest BCUT2D eigenvalue weighted by atomic mass is 127. The Morgan fingerprint density at radius 3 is 2.32 bits per heavy atom. The van der Waals surface area contributed by atoms with Gasteiger partial charge in [-0.15, -0.1) is 24.0 Å². The van der Waals surface area contributed by atoms with Gasteiger partial charge in [0.25, 0.3) is 0 Å². The van der Waals surface area contributed by atoms with E-state index in [4.69, 9.17) is 5.73 Å². The SMILES string of the molecule is Cc1ccc(C(CN=C(N)NCCC(C)C)N(C)C)cc1.I. The molecule has 5 heteroatoms. The zero-order valence-corrected chi connectivity index (χ0v) is 16.8. The van der Waals surface area contributed by atoms with Crippen LogP contribution in [-0.4, -0.2) is 38.0 Å². The summed E-state index contributed by atoms with van der Waals surface area (Å²) < 4.78 is 0. The first-order chi connectivity index (χ1) is 9.90. The zero-order valence-electron chi connectivity index (χ0n) is 14.5. The number of aryl methyl sites for hydroxylation is 1. The van der Waals surface area contributed by atoms with Crippen molar-refractivity contribution in [2.75, 3.05) is 27.2 Å². The summed E-state index contributed by atoms with van der Waals surface area (Å²) in [5.74, 6) is 1.21. The molecule has 0 heterocycles. The molecular weight excluding hydrogens is 387 g/mol. The molecule has 0 bridgehead atoms. The number of guanidine groups is 1. The molecule has 0 aliphatic heterocycles. The summed E-state index contributed by atoms with van der Waals surface area (Å²) in [5, 5.41) is 3.18. The van der Waals surface area contributed by atoms with Gasteiger partial charge in [0, 0.05) is 6.54 Å². The van der Waals surface area contributed by atoms with E-state index in [0.29, 0.717) is 18.4 Å². The Balaban J connectivity index is 0.00000441. The van der Waals surface area contributed by atoms with Crippen molar-refractivity contribution in [2.45, 2.75) is 33.2 Å². The lowest BCUT2D eigenvalue weighted by atomic mass is 10.0. The molecule has 0 aliphatic rings. The Morgan fingerprint density at radius 2 is 1.82 bits per heavy atom. The lowest BCUT2D eigenvalue weighted by molar-refractivity contribution is 0.306. The van der Waals surface area contributed by atoms with Crippen LogP contribution in [0.2, 0.25) is 0 Å². The van der Waals surface area contributed by atoms with Gasteiger partial charge >= 0.3 is 0 Å². The van der Waals surface area contributed by atoms with Gasteiger partial charge in [-0.2, -0.15) is 0 Å². The largest absolute Gasteiger partial charge is 0.370 e. The summed E-state index contributed by atoms with van der Waals surface area (Å²) in [7, 11) is 4.14. The van der Waals surface area contributed by atoms with Crippen LogP contribution in [0.15, 0.2) is 29.3 Å². The third-order valence-corrected chi connectivity index (χ3v) is 3.55. The third kappa shape index (κ3) is 7.98. The van der Waals surface area contributed by atoms with Gasteiger partial charge in [0.2, 0.25) is 0 Å². The molecule has 1 unspecified atom stereocenters. The van der Waals surface area contributed by atoms with Gasteiger partial charge in [-0.25, -0.2) is 0 Å². The van der Waals surface area contributed by atoms with Gasteiger partial charge in [0.05, 0.1) is 12.6 Å². The lowest BCUT2D eigenvalue weighted by Crippen LogP contribution is -2.34. The molecule has 22 heavy (non-hydrogen) atoms. The van der Waals surface area contributed by atoms with Gasteiger partial charge in [-0.05, 0) is 38.9 Å². The summed E-state index contributed by atoms with van der Waals surface area (Å²) in [6.07, 6.45) is 1.10. The standard InChI is InChI=1S/C17H30N4.HI/c1-13(2)10-11-19-17(18)20-12-16(21(4)5)15-8-6-14(3)7-9-15;/h6-9,13,16H,10-12H2,1-5H3,(H3,18,19,20);1H. The Bertz CT molecular complexity index is 440. The summed E-state index contributed by atoms with van der Waals surface area (Å²) in [6, 6.07) is 8.85. The molecule has 1 aromatic rings. The second-order valence-electron chi connectivity index (χ2n) is 6.23. The van der Waals surface area contributed by atoms with E-state index in [0.717, 1.165) is 13.0 Å². The van der Waals surface area contributed by atoms with E-state index in [1.165, 1.54) is 11.1 Å². The first kappa shape index (κ1) is 21.2. The van der Waals surface area contributed by atoms with E-state index in [2.05, 4.69) is 74.3 Å². The van der Waals surface area contributed by atoms with Crippen molar-refractivity contribution in [1.29, 1.82) is 0 Å². The molecule has 126 valence electrons. The number of nitrogens with two attached hydrogens (primary N) is 1. The van der Waals surface area contributed by atoms with Gasteiger partial charge < -0.3 is 16.0 Å². The maximum atomic E-state index is 5.93. The monoisotopic (exact) mass is 418 g/mol. The molecule has 4 nitrogen and oxygen atoms in total. The normalized spacial score (nSPS) is 13.1. The molecule has 0 saturated heterocycles. The molecule has 1 atom stereocenters. The van der Waals surface area contributed by atoms with E-state index >= 15 is 0 Å². The van der Waals surface area contributed by atoms with E-state index in [1.54, 1.807) is 0 Å². The fourth-order valence-electron chi connectivity index (χ4n) is 2.09. The minimum absolute atomic E-state index is 0. The number of benzene rings is 1. The zero-order chi connectivity index (χ0) is 15.8. The number of hydrogen-bond donors (Lipinski definition) is 2. The Labute approximate surface area is 152 Å². The average molecular weight is 418 g/mol. The van der Waals surface area contributed by atoms with Crippen molar-refractivity contribution in [3.63, 3.8) is 0 Å². The molecule has 3 N–H and O–H groups in total. The number of nitrogens with zero attached hydrogens (tertiary/aromatic N) is 2. The van der Waals surface area contributed by atoms with Crippen molar-refractivity contribution in [3.8, 4) is 0 Å². The predicted molar refractivity (Wildman–Crippen MR) is 107 cm³/mol. The third-order valence-electron chi connectivity index (χ3n) is 3.55. The molecule has 0 fully saturated rings. The fourth-order valence-corrected chi connectivity index (χ4v) is 2.09. The molecule has 0 aliphatic carbocycles. The fraction of sp³-hybridized carbons (Fsp3) is 0.588. The van der Waals surface area contributed by atoms with E-state index in [9.17, 15) is 0 Å². The maximum Gasteiger partial charge on any atom is 0.188 e. The Kier molecular flexibility index (Phi) is 10.4. The van der Waals surface area contributed by atoms with Crippen LogP contribution in [0.5, 0.6) is 0 Å². The van der Waals surface area contributed by atoms with Gasteiger partial charge in [-0.1, -0.05) is 43.7 Å². The molecule has 0 radical (unpaired) electrons. The van der Waals surface area contributed by atoms with Crippen LogP contribution in [0.25, 0.3) is 0 Å². The molecule has 1 rings (SSSR count). The molecule has 1 aromatic carbocycles. The summed E-state index contributed by atoms with van der Waals surface area (Å²) >= 11 is 0. The van der Waals surface area contributed by atoms with E-state index < -0.39 is 0 Å². The van der Waals surface area contributed by atoms with Gasteiger partial charge in [0.1, 0.15) is 0 Å².